The maximum atomic E-state index is 13.3. The van der Waals surface area contributed by atoms with E-state index in [1.165, 1.54) is 43.5 Å². The highest BCUT2D eigenvalue weighted by molar-refractivity contribution is 5.97. The molecule has 0 heterocycles. The Hall–Kier alpha value is -2.63. The average Bonchev–Trinajstić information content (AvgIpc) is 2.54. The second kappa shape index (κ2) is 7.58. The van der Waals surface area contributed by atoms with Crippen molar-refractivity contribution in [1.82, 2.24) is 5.32 Å². The first-order chi connectivity index (χ1) is 11.0. The minimum Gasteiger partial charge on any atom is -0.496 e. The molecule has 122 valence electrons. The number of halogens is 2. The van der Waals surface area contributed by atoms with Crippen molar-refractivity contribution < 1.29 is 23.0 Å². The van der Waals surface area contributed by atoms with E-state index >= 15 is 0 Å². The molecule has 1 N–H and O–H groups in total. The molecule has 0 aliphatic heterocycles. The number of amides is 1. The molecule has 0 fully saturated rings. The summed E-state index contributed by atoms with van der Waals surface area (Å²) >= 11 is 0. The molecule has 0 spiro atoms. The van der Waals surface area contributed by atoms with Gasteiger partial charge in [-0.05, 0) is 49.4 Å². The second-order valence-electron chi connectivity index (χ2n) is 4.98. The van der Waals surface area contributed by atoms with Crippen LogP contribution in [0.1, 0.15) is 17.3 Å². The van der Waals surface area contributed by atoms with Gasteiger partial charge in [-0.1, -0.05) is 0 Å². The minimum atomic E-state index is -0.522. The van der Waals surface area contributed by atoms with Gasteiger partial charge in [-0.2, -0.15) is 0 Å². The SMILES string of the molecule is COc1ccc(F)cc1C(=O)NC(C)COc1ccc(F)cc1. The van der Waals surface area contributed by atoms with Crippen LogP contribution in [0.5, 0.6) is 11.5 Å². The minimum absolute atomic E-state index is 0.112. The average molecular weight is 321 g/mol. The molecule has 0 radical (unpaired) electrons. The molecular weight excluding hydrogens is 304 g/mol. The number of rotatable bonds is 6. The van der Waals surface area contributed by atoms with Crippen molar-refractivity contribution in [2.24, 2.45) is 0 Å². The summed E-state index contributed by atoms with van der Waals surface area (Å²) in [6.07, 6.45) is 0. The number of hydrogen-bond donors (Lipinski definition) is 1. The Bertz CT molecular complexity index is 674. The van der Waals surface area contributed by atoms with Gasteiger partial charge in [-0.25, -0.2) is 8.78 Å². The lowest BCUT2D eigenvalue weighted by molar-refractivity contribution is 0.0923. The van der Waals surface area contributed by atoms with Crippen LogP contribution in [0.2, 0.25) is 0 Å². The fourth-order valence-electron chi connectivity index (χ4n) is 1.95. The second-order valence-corrected chi connectivity index (χ2v) is 4.98. The number of nitrogens with one attached hydrogen (secondary N) is 1. The van der Waals surface area contributed by atoms with Crippen LogP contribution < -0.4 is 14.8 Å². The first-order valence-electron chi connectivity index (χ1n) is 7.02. The van der Waals surface area contributed by atoms with Crippen molar-refractivity contribution >= 4 is 5.91 Å². The number of carbonyl (C=O) groups excluding carboxylic acids is 1. The highest BCUT2D eigenvalue weighted by atomic mass is 19.1. The molecular formula is C17H17F2NO3. The monoisotopic (exact) mass is 321 g/mol. The number of ether oxygens (including phenoxy) is 2. The van der Waals surface area contributed by atoms with Gasteiger partial charge in [0, 0.05) is 0 Å². The summed E-state index contributed by atoms with van der Waals surface area (Å²) in [7, 11) is 1.41. The Balaban J connectivity index is 1.94. The van der Waals surface area contributed by atoms with Gasteiger partial charge >= 0.3 is 0 Å². The van der Waals surface area contributed by atoms with Gasteiger partial charge in [0.1, 0.15) is 29.7 Å². The quantitative estimate of drug-likeness (QED) is 0.889. The first-order valence-corrected chi connectivity index (χ1v) is 7.02. The van der Waals surface area contributed by atoms with E-state index in [4.69, 9.17) is 9.47 Å². The van der Waals surface area contributed by atoms with Crippen molar-refractivity contribution in [3.8, 4) is 11.5 Å². The molecule has 1 atom stereocenters. The molecule has 4 nitrogen and oxygen atoms in total. The van der Waals surface area contributed by atoms with Crippen LogP contribution in [-0.4, -0.2) is 25.7 Å². The molecule has 2 aromatic carbocycles. The van der Waals surface area contributed by atoms with Crippen LogP contribution in [0.25, 0.3) is 0 Å². The molecule has 0 bridgehead atoms. The molecule has 0 saturated carbocycles. The molecule has 0 aromatic heterocycles. The predicted molar refractivity (Wildman–Crippen MR) is 81.8 cm³/mol. The molecule has 1 amide bonds. The zero-order valence-corrected chi connectivity index (χ0v) is 12.8. The molecule has 0 aliphatic carbocycles. The summed E-state index contributed by atoms with van der Waals surface area (Å²) in [6, 6.07) is 8.97. The zero-order valence-electron chi connectivity index (χ0n) is 12.8. The Morgan fingerprint density at radius 1 is 1.13 bits per heavy atom. The summed E-state index contributed by atoms with van der Waals surface area (Å²) in [5, 5.41) is 2.70. The van der Waals surface area contributed by atoms with Gasteiger partial charge in [0.25, 0.3) is 5.91 Å². The Morgan fingerprint density at radius 3 is 2.43 bits per heavy atom. The summed E-state index contributed by atoms with van der Waals surface area (Å²) < 4.78 is 36.6. The fraction of sp³-hybridized carbons (Fsp3) is 0.235. The molecule has 2 rings (SSSR count). The van der Waals surface area contributed by atoms with E-state index in [1.54, 1.807) is 6.92 Å². The van der Waals surface area contributed by atoms with Crippen molar-refractivity contribution in [3.05, 3.63) is 59.7 Å². The molecule has 0 saturated heterocycles. The smallest absolute Gasteiger partial charge is 0.255 e. The first kappa shape index (κ1) is 16.7. The summed E-state index contributed by atoms with van der Waals surface area (Å²) in [5.41, 5.74) is 0.112. The van der Waals surface area contributed by atoms with E-state index in [1.807, 2.05) is 0 Å². The van der Waals surface area contributed by atoms with Gasteiger partial charge in [-0.15, -0.1) is 0 Å². The van der Waals surface area contributed by atoms with Crippen LogP contribution in [0, 0.1) is 11.6 Å². The topological polar surface area (TPSA) is 47.6 Å². The molecule has 2 aromatic rings. The van der Waals surface area contributed by atoms with E-state index in [0.29, 0.717) is 5.75 Å². The number of hydrogen-bond acceptors (Lipinski definition) is 3. The Morgan fingerprint density at radius 2 is 1.78 bits per heavy atom. The number of carbonyl (C=O) groups is 1. The maximum absolute atomic E-state index is 13.3. The van der Waals surface area contributed by atoms with Gasteiger partial charge in [0.05, 0.1) is 18.7 Å². The van der Waals surface area contributed by atoms with Crippen molar-refractivity contribution in [3.63, 3.8) is 0 Å². The van der Waals surface area contributed by atoms with E-state index in [2.05, 4.69) is 5.32 Å². The van der Waals surface area contributed by atoms with E-state index in [-0.39, 0.29) is 29.8 Å². The van der Waals surface area contributed by atoms with E-state index in [0.717, 1.165) is 6.07 Å². The van der Waals surface area contributed by atoms with Gasteiger partial charge in [0.2, 0.25) is 0 Å². The van der Waals surface area contributed by atoms with Gasteiger partial charge < -0.3 is 14.8 Å². The lowest BCUT2D eigenvalue weighted by Crippen LogP contribution is -2.37. The molecule has 23 heavy (non-hydrogen) atoms. The van der Waals surface area contributed by atoms with Crippen molar-refractivity contribution in [2.75, 3.05) is 13.7 Å². The summed E-state index contributed by atoms with van der Waals surface area (Å²) in [6.45, 7) is 1.93. The third kappa shape index (κ3) is 4.67. The number of benzene rings is 2. The zero-order chi connectivity index (χ0) is 16.8. The van der Waals surface area contributed by atoms with Crippen LogP contribution in [-0.2, 0) is 0 Å². The standard InChI is InChI=1S/C17H17F2NO3/c1-11(10-23-14-6-3-12(18)4-7-14)20-17(21)15-9-13(19)5-8-16(15)22-2/h3-9,11H,10H2,1-2H3,(H,20,21). The van der Waals surface area contributed by atoms with Crippen molar-refractivity contribution in [2.45, 2.75) is 13.0 Å². The lowest BCUT2D eigenvalue weighted by Gasteiger charge is -2.16. The van der Waals surface area contributed by atoms with Gasteiger partial charge in [-0.3, -0.25) is 4.79 Å². The highest BCUT2D eigenvalue weighted by Crippen LogP contribution is 2.19. The Labute approximate surface area is 133 Å². The largest absolute Gasteiger partial charge is 0.496 e. The molecule has 0 aliphatic rings. The van der Waals surface area contributed by atoms with Gasteiger partial charge in [0.15, 0.2) is 0 Å². The highest BCUT2D eigenvalue weighted by Gasteiger charge is 2.16. The molecule has 1 unspecified atom stereocenters. The molecule has 6 heteroatoms. The predicted octanol–water partition coefficient (Wildman–Crippen LogP) is 3.17. The van der Waals surface area contributed by atoms with E-state index in [9.17, 15) is 13.6 Å². The Kier molecular flexibility index (Phi) is 5.51. The lowest BCUT2D eigenvalue weighted by atomic mass is 10.1. The van der Waals surface area contributed by atoms with Crippen LogP contribution >= 0.6 is 0 Å². The number of methoxy groups -OCH3 is 1. The normalized spacial score (nSPS) is 11.7. The van der Waals surface area contributed by atoms with Crippen LogP contribution in [0.15, 0.2) is 42.5 Å². The maximum Gasteiger partial charge on any atom is 0.255 e. The summed E-state index contributed by atoms with van der Waals surface area (Å²) in [5.74, 6) is -0.550. The third-order valence-corrected chi connectivity index (χ3v) is 3.10. The van der Waals surface area contributed by atoms with Crippen LogP contribution in [0.3, 0.4) is 0 Å². The third-order valence-electron chi connectivity index (χ3n) is 3.10. The fourth-order valence-corrected chi connectivity index (χ4v) is 1.95. The summed E-state index contributed by atoms with van der Waals surface area (Å²) in [4.78, 5) is 12.2. The van der Waals surface area contributed by atoms with Crippen LogP contribution in [0.4, 0.5) is 8.78 Å². The van der Waals surface area contributed by atoms with Crippen molar-refractivity contribution in [1.29, 1.82) is 0 Å². The van der Waals surface area contributed by atoms with E-state index < -0.39 is 11.7 Å².